The molecule has 0 aliphatic heterocycles. The standard InChI is InChI=1S/C13H21ClN2O2/c1-4-6-7-10(5-2)8-18-13-11(17-3)12(14)15-9-16-13/h9-10H,4-8H2,1-3H3. The number of ether oxygens (including phenoxy) is 2. The van der Waals surface area contributed by atoms with Gasteiger partial charge in [0.25, 0.3) is 5.88 Å². The summed E-state index contributed by atoms with van der Waals surface area (Å²) in [7, 11) is 1.53. The first-order valence-corrected chi connectivity index (χ1v) is 6.77. The first-order valence-electron chi connectivity index (χ1n) is 6.40. The third kappa shape index (κ3) is 4.33. The highest BCUT2D eigenvalue weighted by Crippen LogP contribution is 2.30. The summed E-state index contributed by atoms with van der Waals surface area (Å²) in [6, 6.07) is 0. The largest absolute Gasteiger partial charge is 0.489 e. The molecule has 18 heavy (non-hydrogen) atoms. The third-order valence-corrected chi connectivity index (χ3v) is 3.20. The van der Waals surface area contributed by atoms with Crippen LogP contribution in [-0.2, 0) is 0 Å². The highest BCUT2D eigenvalue weighted by molar-refractivity contribution is 6.31. The maximum absolute atomic E-state index is 5.91. The molecule has 0 spiro atoms. The van der Waals surface area contributed by atoms with Gasteiger partial charge in [0.1, 0.15) is 6.33 Å². The van der Waals surface area contributed by atoms with Gasteiger partial charge in [-0.05, 0) is 12.3 Å². The maximum atomic E-state index is 5.91. The van der Waals surface area contributed by atoms with E-state index in [1.165, 1.54) is 32.7 Å². The molecule has 102 valence electrons. The molecule has 1 heterocycles. The van der Waals surface area contributed by atoms with Gasteiger partial charge >= 0.3 is 0 Å². The molecule has 1 rings (SSSR count). The first kappa shape index (κ1) is 15.0. The van der Waals surface area contributed by atoms with Crippen LogP contribution in [0.1, 0.15) is 39.5 Å². The van der Waals surface area contributed by atoms with Gasteiger partial charge in [-0.3, -0.25) is 0 Å². The number of nitrogens with zero attached hydrogens (tertiary/aromatic N) is 2. The minimum absolute atomic E-state index is 0.282. The van der Waals surface area contributed by atoms with E-state index in [1.54, 1.807) is 0 Å². The zero-order chi connectivity index (χ0) is 13.4. The van der Waals surface area contributed by atoms with Crippen LogP contribution in [-0.4, -0.2) is 23.7 Å². The van der Waals surface area contributed by atoms with Crippen molar-refractivity contribution in [1.82, 2.24) is 9.97 Å². The van der Waals surface area contributed by atoms with E-state index in [9.17, 15) is 0 Å². The van der Waals surface area contributed by atoms with Crippen LogP contribution in [0.5, 0.6) is 11.6 Å². The Morgan fingerprint density at radius 3 is 2.72 bits per heavy atom. The number of unbranched alkanes of at least 4 members (excludes halogenated alkanes) is 1. The molecule has 0 saturated carbocycles. The molecule has 1 aromatic rings. The van der Waals surface area contributed by atoms with Gasteiger partial charge in [0.15, 0.2) is 5.15 Å². The van der Waals surface area contributed by atoms with Crippen LogP contribution in [0.3, 0.4) is 0 Å². The van der Waals surface area contributed by atoms with Crippen molar-refractivity contribution < 1.29 is 9.47 Å². The molecule has 0 bridgehead atoms. The summed E-state index contributed by atoms with van der Waals surface area (Å²) in [4.78, 5) is 7.91. The molecule has 0 saturated heterocycles. The molecule has 0 amide bonds. The molecule has 0 aliphatic carbocycles. The van der Waals surface area contributed by atoms with Crippen molar-refractivity contribution in [2.45, 2.75) is 39.5 Å². The van der Waals surface area contributed by atoms with E-state index in [2.05, 4.69) is 23.8 Å². The minimum Gasteiger partial charge on any atom is -0.489 e. The molecule has 0 aromatic carbocycles. The summed E-state index contributed by atoms with van der Waals surface area (Å²) in [6.45, 7) is 5.01. The van der Waals surface area contributed by atoms with E-state index >= 15 is 0 Å². The quantitative estimate of drug-likeness (QED) is 0.676. The summed E-state index contributed by atoms with van der Waals surface area (Å²) in [5.41, 5.74) is 0. The lowest BCUT2D eigenvalue weighted by Gasteiger charge is -2.16. The van der Waals surface area contributed by atoms with Crippen LogP contribution < -0.4 is 9.47 Å². The average molecular weight is 273 g/mol. The highest BCUT2D eigenvalue weighted by Gasteiger charge is 2.14. The Morgan fingerprint density at radius 1 is 1.33 bits per heavy atom. The van der Waals surface area contributed by atoms with Gasteiger partial charge in [0.2, 0.25) is 5.75 Å². The summed E-state index contributed by atoms with van der Waals surface area (Å²) in [6.07, 6.45) is 6.09. The fraction of sp³-hybridized carbons (Fsp3) is 0.692. The molecule has 1 unspecified atom stereocenters. The second-order valence-corrected chi connectivity index (χ2v) is 4.59. The lowest BCUT2D eigenvalue weighted by atomic mass is 10.0. The van der Waals surface area contributed by atoms with Crippen LogP contribution >= 0.6 is 11.6 Å². The number of hydrogen-bond acceptors (Lipinski definition) is 4. The lowest BCUT2D eigenvalue weighted by molar-refractivity contribution is 0.216. The van der Waals surface area contributed by atoms with Gasteiger partial charge in [-0.15, -0.1) is 0 Å². The maximum Gasteiger partial charge on any atom is 0.261 e. The van der Waals surface area contributed by atoms with Gasteiger partial charge in [-0.2, -0.15) is 4.98 Å². The van der Waals surface area contributed by atoms with Crippen LogP contribution in [0.4, 0.5) is 0 Å². The average Bonchev–Trinajstić information content (AvgIpc) is 2.39. The molecule has 4 nitrogen and oxygen atoms in total. The van der Waals surface area contributed by atoms with Crippen LogP contribution in [0, 0.1) is 5.92 Å². The van der Waals surface area contributed by atoms with Crippen molar-refractivity contribution >= 4 is 11.6 Å². The van der Waals surface area contributed by atoms with E-state index in [4.69, 9.17) is 21.1 Å². The molecule has 1 atom stereocenters. The number of halogens is 1. The number of methoxy groups -OCH3 is 1. The summed E-state index contributed by atoms with van der Waals surface area (Å²) < 4.78 is 10.8. The normalized spacial score (nSPS) is 12.2. The Bertz CT molecular complexity index is 361. The molecule has 0 radical (unpaired) electrons. The molecule has 0 aliphatic rings. The fourth-order valence-electron chi connectivity index (χ4n) is 1.71. The summed E-state index contributed by atoms with van der Waals surface area (Å²) >= 11 is 5.91. The van der Waals surface area contributed by atoms with Gasteiger partial charge in [-0.25, -0.2) is 4.98 Å². The number of rotatable bonds is 8. The molecule has 1 aromatic heterocycles. The molecular formula is C13H21ClN2O2. The van der Waals surface area contributed by atoms with Crippen LogP contribution in [0.25, 0.3) is 0 Å². The van der Waals surface area contributed by atoms with Crippen molar-refractivity contribution in [3.8, 4) is 11.6 Å². The van der Waals surface area contributed by atoms with Crippen molar-refractivity contribution in [3.05, 3.63) is 11.5 Å². The SMILES string of the molecule is CCCCC(CC)COc1ncnc(Cl)c1OC. The number of aromatic nitrogens is 2. The van der Waals surface area contributed by atoms with E-state index < -0.39 is 0 Å². The summed E-state index contributed by atoms with van der Waals surface area (Å²) in [5, 5.41) is 0.282. The predicted octanol–water partition coefficient (Wildman–Crippen LogP) is 3.73. The highest BCUT2D eigenvalue weighted by atomic mass is 35.5. The van der Waals surface area contributed by atoms with Crippen LogP contribution in [0.15, 0.2) is 6.33 Å². The Kier molecular flexibility index (Phi) is 6.80. The van der Waals surface area contributed by atoms with Gasteiger partial charge in [0, 0.05) is 0 Å². The van der Waals surface area contributed by atoms with Crippen LogP contribution in [0.2, 0.25) is 5.15 Å². The third-order valence-electron chi connectivity index (χ3n) is 2.93. The van der Waals surface area contributed by atoms with Crippen molar-refractivity contribution in [3.63, 3.8) is 0 Å². The van der Waals surface area contributed by atoms with Crippen molar-refractivity contribution in [1.29, 1.82) is 0 Å². The Hall–Kier alpha value is -1.03. The molecule has 5 heteroatoms. The second-order valence-electron chi connectivity index (χ2n) is 4.23. The molecule has 0 N–H and O–H groups in total. The second kappa shape index (κ2) is 8.14. The minimum atomic E-state index is 0.282. The predicted molar refractivity (Wildman–Crippen MR) is 72.4 cm³/mol. The zero-order valence-corrected chi connectivity index (χ0v) is 12.0. The van der Waals surface area contributed by atoms with E-state index in [0.29, 0.717) is 24.2 Å². The van der Waals surface area contributed by atoms with E-state index in [1.807, 2.05) is 0 Å². The zero-order valence-electron chi connectivity index (χ0n) is 11.3. The van der Waals surface area contributed by atoms with Gasteiger partial charge < -0.3 is 9.47 Å². The molecular weight excluding hydrogens is 252 g/mol. The van der Waals surface area contributed by atoms with Gasteiger partial charge in [-0.1, -0.05) is 44.7 Å². The topological polar surface area (TPSA) is 44.2 Å². The van der Waals surface area contributed by atoms with E-state index in [0.717, 1.165) is 6.42 Å². The Morgan fingerprint density at radius 2 is 2.11 bits per heavy atom. The smallest absolute Gasteiger partial charge is 0.261 e. The van der Waals surface area contributed by atoms with Crippen molar-refractivity contribution in [2.75, 3.05) is 13.7 Å². The first-order chi connectivity index (χ1) is 8.72. The molecule has 0 fully saturated rings. The monoisotopic (exact) mass is 272 g/mol. The Labute approximate surface area is 114 Å². The Balaban J connectivity index is 2.59. The number of hydrogen-bond donors (Lipinski definition) is 0. The lowest BCUT2D eigenvalue weighted by Crippen LogP contribution is -2.12. The van der Waals surface area contributed by atoms with Crippen molar-refractivity contribution in [2.24, 2.45) is 5.92 Å². The fourth-order valence-corrected chi connectivity index (χ4v) is 1.91. The summed E-state index contributed by atoms with van der Waals surface area (Å²) in [5.74, 6) is 1.38. The van der Waals surface area contributed by atoms with E-state index in [-0.39, 0.29) is 5.15 Å². The van der Waals surface area contributed by atoms with Gasteiger partial charge in [0.05, 0.1) is 13.7 Å².